The van der Waals surface area contributed by atoms with Gasteiger partial charge in [0.25, 0.3) is 0 Å². The zero-order chi connectivity index (χ0) is 12.6. The van der Waals surface area contributed by atoms with Crippen molar-refractivity contribution in [1.82, 2.24) is 9.78 Å². The first-order chi connectivity index (χ1) is 7.99. The van der Waals surface area contributed by atoms with Gasteiger partial charge in [0.05, 0.1) is 5.69 Å². The molecule has 1 aromatic heterocycles. The van der Waals surface area contributed by atoms with Crippen molar-refractivity contribution in [2.75, 3.05) is 5.73 Å². The summed E-state index contributed by atoms with van der Waals surface area (Å²) in [6.07, 6.45) is 0. The van der Waals surface area contributed by atoms with E-state index in [1.54, 1.807) is 6.07 Å². The van der Waals surface area contributed by atoms with Gasteiger partial charge < -0.3 is 5.73 Å². The second-order valence-electron chi connectivity index (χ2n) is 4.16. The summed E-state index contributed by atoms with van der Waals surface area (Å²) in [4.78, 5) is 0. The van der Waals surface area contributed by atoms with Crippen molar-refractivity contribution in [2.45, 2.75) is 19.8 Å². The summed E-state index contributed by atoms with van der Waals surface area (Å²) >= 11 is 0. The van der Waals surface area contributed by atoms with E-state index in [4.69, 9.17) is 5.73 Å². The average Bonchev–Trinajstić information content (AvgIpc) is 2.61. The molecule has 0 aliphatic carbocycles. The van der Waals surface area contributed by atoms with Gasteiger partial charge in [-0.05, 0) is 18.1 Å². The molecular weight excluding hydrogens is 224 g/mol. The Kier molecular flexibility index (Phi) is 2.83. The lowest BCUT2D eigenvalue weighted by Crippen LogP contribution is -2.04. The van der Waals surface area contributed by atoms with Gasteiger partial charge in [-0.1, -0.05) is 13.8 Å². The number of halogens is 2. The van der Waals surface area contributed by atoms with Crippen LogP contribution in [0.5, 0.6) is 0 Å². The zero-order valence-electron chi connectivity index (χ0n) is 9.61. The maximum atomic E-state index is 13.6. The number of aromatic nitrogens is 2. The molecule has 0 bridgehead atoms. The highest BCUT2D eigenvalue weighted by atomic mass is 19.1. The Morgan fingerprint density at radius 1 is 1.24 bits per heavy atom. The number of anilines is 1. The molecule has 2 aromatic rings. The van der Waals surface area contributed by atoms with Crippen molar-refractivity contribution in [3.05, 3.63) is 41.6 Å². The Morgan fingerprint density at radius 3 is 2.47 bits per heavy atom. The van der Waals surface area contributed by atoms with Crippen LogP contribution in [-0.4, -0.2) is 9.78 Å². The van der Waals surface area contributed by atoms with E-state index in [0.29, 0.717) is 5.82 Å². The molecule has 5 heteroatoms. The van der Waals surface area contributed by atoms with Gasteiger partial charge in [0, 0.05) is 12.1 Å². The van der Waals surface area contributed by atoms with E-state index < -0.39 is 11.6 Å². The van der Waals surface area contributed by atoms with Gasteiger partial charge in [0.15, 0.2) is 5.82 Å². The number of nitrogens with two attached hydrogens (primary N) is 1. The molecule has 0 unspecified atom stereocenters. The highest BCUT2D eigenvalue weighted by molar-refractivity contribution is 5.44. The van der Waals surface area contributed by atoms with Gasteiger partial charge in [0.1, 0.15) is 17.3 Å². The van der Waals surface area contributed by atoms with Crippen LogP contribution in [0.25, 0.3) is 5.69 Å². The summed E-state index contributed by atoms with van der Waals surface area (Å²) in [5.41, 5.74) is 6.68. The number of nitrogen functional groups attached to an aromatic ring is 1. The lowest BCUT2D eigenvalue weighted by Gasteiger charge is -2.05. The molecule has 2 rings (SSSR count). The van der Waals surface area contributed by atoms with E-state index in [0.717, 1.165) is 11.8 Å². The fraction of sp³-hybridized carbons (Fsp3) is 0.250. The van der Waals surface area contributed by atoms with Gasteiger partial charge in [0.2, 0.25) is 0 Å². The molecule has 3 nitrogen and oxygen atoms in total. The second-order valence-corrected chi connectivity index (χ2v) is 4.16. The first kappa shape index (κ1) is 11.6. The van der Waals surface area contributed by atoms with Crippen LogP contribution in [0.2, 0.25) is 0 Å². The van der Waals surface area contributed by atoms with Gasteiger partial charge in [-0.3, -0.25) is 0 Å². The number of hydrogen-bond acceptors (Lipinski definition) is 2. The predicted octanol–water partition coefficient (Wildman–Crippen LogP) is 2.86. The number of hydrogen-bond donors (Lipinski definition) is 1. The van der Waals surface area contributed by atoms with Crippen molar-refractivity contribution < 1.29 is 8.78 Å². The summed E-state index contributed by atoms with van der Waals surface area (Å²) in [5, 5.41) is 4.20. The third-order valence-corrected chi connectivity index (χ3v) is 2.49. The van der Waals surface area contributed by atoms with Crippen molar-refractivity contribution >= 4 is 5.82 Å². The lowest BCUT2D eigenvalue weighted by molar-refractivity contribution is 0.573. The van der Waals surface area contributed by atoms with E-state index in [1.807, 2.05) is 13.8 Å². The van der Waals surface area contributed by atoms with Crippen molar-refractivity contribution in [3.8, 4) is 5.69 Å². The van der Waals surface area contributed by atoms with Gasteiger partial charge in [-0.25, -0.2) is 13.5 Å². The summed E-state index contributed by atoms with van der Waals surface area (Å²) in [7, 11) is 0. The molecule has 1 heterocycles. The Bertz CT molecular complexity index is 547. The highest BCUT2D eigenvalue weighted by Gasteiger charge is 2.13. The molecule has 0 aliphatic heterocycles. The molecule has 90 valence electrons. The van der Waals surface area contributed by atoms with E-state index in [-0.39, 0.29) is 11.6 Å². The molecule has 0 amide bonds. The standard InChI is InChI=1S/C12H13F2N3/c1-7(2)10-6-12(15)17(16-10)11-4-3-8(13)5-9(11)14/h3-7H,15H2,1-2H3. The minimum atomic E-state index is -0.685. The highest BCUT2D eigenvalue weighted by Crippen LogP contribution is 2.21. The zero-order valence-corrected chi connectivity index (χ0v) is 9.61. The fourth-order valence-corrected chi connectivity index (χ4v) is 1.54. The Labute approximate surface area is 97.9 Å². The smallest absolute Gasteiger partial charge is 0.151 e. The topological polar surface area (TPSA) is 43.8 Å². The molecule has 1 aromatic carbocycles. The molecule has 0 fully saturated rings. The van der Waals surface area contributed by atoms with Crippen LogP contribution in [0.1, 0.15) is 25.5 Å². The maximum Gasteiger partial charge on any atom is 0.151 e. The molecule has 0 atom stereocenters. The van der Waals surface area contributed by atoms with Crippen molar-refractivity contribution in [1.29, 1.82) is 0 Å². The Morgan fingerprint density at radius 2 is 1.94 bits per heavy atom. The monoisotopic (exact) mass is 237 g/mol. The van der Waals surface area contributed by atoms with Gasteiger partial charge >= 0.3 is 0 Å². The molecule has 2 N–H and O–H groups in total. The summed E-state index contributed by atoms with van der Waals surface area (Å²) in [6.45, 7) is 3.93. The number of nitrogens with zero attached hydrogens (tertiary/aromatic N) is 2. The van der Waals surface area contributed by atoms with Gasteiger partial charge in [-0.15, -0.1) is 0 Å². The maximum absolute atomic E-state index is 13.6. The normalized spacial score (nSPS) is 11.1. The van der Waals surface area contributed by atoms with Crippen molar-refractivity contribution in [2.24, 2.45) is 0 Å². The van der Waals surface area contributed by atoms with Crippen LogP contribution >= 0.6 is 0 Å². The van der Waals surface area contributed by atoms with Crippen molar-refractivity contribution in [3.63, 3.8) is 0 Å². The minimum Gasteiger partial charge on any atom is -0.384 e. The predicted molar refractivity (Wildman–Crippen MR) is 62.0 cm³/mol. The molecule has 17 heavy (non-hydrogen) atoms. The third kappa shape index (κ3) is 2.13. The van der Waals surface area contributed by atoms with Gasteiger partial charge in [-0.2, -0.15) is 5.10 Å². The summed E-state index contributed by atoms with van der Waals surface area (Å²) < 4.78 is 27.6. The third-order valence-electron chi connectivity index (χ3n) is 2.49. The SMILES string of the molecule is CC(C)c1cc(N)n(-c2ccc(F)cc2F)n1. The van der Waals surface area contributed by atoms with Crippen LogP contribution < -0.4 is 5.73 Å². The summed E-state index contributed by atoms with van der Waals surface area (Å²) in [6, 6.07) is 4.99. The van der Waals surface area contributed by atoms with E-state index in [9.17, 15) is 8.78 Å². The molecule has 0 spiro atoms. The number of rotatable bonds is 2. The first-order valence-corrected chi connectivity index (χ1v) is 5.30. The molecule has 0 saturated carbocycles. The quantitative estimate of drug-likeness (QED) is 0.872. The fourth-order valence-electron chi connectivity index (χ4n) is 1.54. The first-order valence-electron chi connectivity index (χ1n) is 5.30. The van der Waals surface area contributed by atoms with E-state index in [1.165, 1.54) is 16.8 Å². The van der Waals surface area contributed by atoms with Crippen LogP contribution in [0.4, 0.5) is 14.6 Å². The lowest BCUT2D eigenvalue weighted by atomic mass is 10.1. The molecule has 0 aliphatic rings. The Hall–Kier alpha value is -1.91. The van der Waals surface area contributed by atoms with Crippen LogP contribution in [-0.2, 0) is 0 Å². The van der Waals surface area contributed by atoms with Crippen LogP contribution in [0, 0.1) is 11.6 Å². The molecule has 0 radical (unpaired) electrons. The second kappa shape index (κ2) is 4.16. The molecular formula is C12H13F2N3. The largest absolute Gasteiger partial charge is 0.384 e. The van der Waals surface area contributed by atoms with E-state index >= 15 is 0 Å². The van der Waals surface area contributed by atoms with Crippen LogP contribution in [0.15, 0.2) is 24.3 Å². The molecule has 0 saturated heterocycles. The minimum absolute atomic E-state index is 0.149. The Balaban J connectivity index is 2.52. The average molecular weight is 237 g/mol. The number of benzene rings is 1. The van der Waals surface area contributed by atoms with E-state index in [2.05, 4.69) is 5.10 Å². The van der Waals surface area contributed by atoms with Crippen LogP contribution in [0.3, 0.4) is 0 Å². The summed E-state index contributed by atoms with van der Waals surface area (Å²) in [5.74, 6) is -0.780.